The molecule has 0 aliphatic carbocycles. The summed E-state index contributed by atoms with van der Waals surface area (Å²) in [6, 6.07) is 10.0. The Kier molecular flexibility index (Phi) is 4.43. The van der Waals surface area contributed by atoms with Crippen molar-refractivity contribution >= 4 is 28.9 Å². The predicted molar refractivity (Wildman–Crippen MR) is 90.3 cm³/mol. The average Bonchev–Trinajstić information content (AvgIpc) is 3.24. The topological polar surface area (TPSA) is 81.4 Å². The number of nitrogens with zero attached hydrogens (tertiary/aromatic N) is 1. The van der Waals surface area contributed by atoms with Crippen molar-refractivity contribution in [3.8, 4) is 10.8 Å². The zero-order chi connectivity index (χ0) is 17.1. The van der Waals surface area contributed by atoms with E-state index < -0.39 is 5.97 Å². The van der Waals surface area contributed by atoms with Crippen LogP contribution in [0.1, 0.15) is 25.7 Å². The monoisotopic (exact) mass is 342 g/mol. The van der Waals surface area contributed by atoms with Crippen LogP contribution in [0.25, 0.3) is 10.8 Å². The van der Waals surface area contributed by atoms with E-state index in [4.69, 9.17) is 4.42 Å². The van der Waals surface area contributed by atoms with Crippen molar-refractivity contribution in [2.24, 2.45) is 0 Å². The van der Waals surface area contributed by atoms with Crippen molar-refractivity contribution in [3.63, 3.8) is 0 Å². The number of rotatable bonds is 4. The maximum Gasteiger partial charge on any atom is 0.337 e. The Morgan fingerprint density at radius 3 is 2.58 bits per heavy atom. The fraction of sp³-hybridized carbons (Fsp3) is 0.118. The molecular weight excluding hydrogens is 328 g/mol. The smallest absolute Gasteiger partial charge is 0.337 e. The van der Waals surface area contributed by atoms with Gasteiger partial charge in [-0.05, 0) is 43.3 Å². The molecule has 122 valence electrons. The third-order valence-electron chi connectivity index (χ3n) is 3.31. The minimum atomic E-state index is -0.425. The highest BCUT2D eigenvalue weighted by Gasteiger charge is 2.18. The van der Waals surface area contributed by atoms with Crippen LogP contribution in [0.4, 0.5) is 5.69 Å². The van der Waals surface area contributed by atoms with Gasteiger partial charge in [-0.3, -0.25) is 4.79 Å². The molecule has 0 atom stereocenters. The van der Waals surface area contributed by atoms with E-state index >= 15 is 0 Å². The van der Waals surface area contributed by atoms with E-state index in [1.807, 2.05) is 6.92 Å². The van der Waals surface area contributed by atoms with Gasteiger partial charge in [0.2, 0.25) is 0 Å². The molecule has 6 nitrogen and oxygen atoms in total. The molecule has 0 aliphatic rings. The molecule has 1 amide bonds. The largest absolute Gasteiger partial charge is 0.465 e. The van der Waals surface area contributed by atoms with Crippen molar-refractivity contribution in [3.05, 3.63) is 58.8 Å². The summed E-state index contributed by atoms with van der Waals surface area (Å²) in [5, 5.41) is 3.42. The molecule has 0 fully saturated rings. The maximum absolute atomic E-state index is 12.4. The molecule has 2 heterocycles. The first-order valence-electron chi connectivity index (χ1n) is 7.09. The zero-order valence-electron chi connectivity index (χ0n) is 13.0. The second kappa shape index (κ2) is 6.67. The van der Waals surface area contributed by atoms with Crippen LogP contribution in [0.15, 0.2) is 47.1 Å². The molecule has 0 aliphatic heterocycles. The number of aromatic nitrogens is 1. The molecule has 24 heavy (non-hydrogen) atoms. The predicted octanol–water partition coefficient (Wildman–Crippen LogP) is 3.75. The molecule has 1 N–H and O–H groups in total. The number of carbonyl (C=O) groups is 2. The van der Waals surface area contributed by atoms with E-state index in [-0.39, 0.29) is 5.91 Å². The van der Waals surface area contributed by atoms with E-state index in [0.717, 1.165) is 4.88 Å². The van der Waals surface area contributed by atoms with Gasteiger partial charge in [-0.25, -0.2) is 9.78 Å². The number of carbonyl (C=O) groups excluding carboxylic acids is 2. The van der Waals surface area contributed by atoms with Gasteiger partial charge < -0.3 is 14.5 Å². The minimum Gasteiger partial charge on any atom is -0.465 e. The number of amides is 1. The number of anilines is 1. The summed E-state index contributed by atoms with van der Waals surface area (Å²) in [6.07, 6.45) is 1.56. The van der Waals surface area contributed by atoms with Crippen LogP contribution < -0.4 is 5.32 Å². The Hall–Kier alpha value is -2.93. The summed E-state index contributed by atoms with van der Waals surface area (Å²) >= 11 is 1.39. The number of aryl methyl sites for hydroxylation is 1. The standard InChI is InChI=1S/C17H14N2O4S/c1-10-14(19-16(24-10)13-4-3-9-23-13)15(20)18-12-7-5-11(6-8-12)17(21)22-2/h3-9H,1-2H3,(H,18,20). The Morgan fingerprint density at radius 1 is 1.21 bits per heavy atom. The van der Waals surface area contributed by atoms with E-state index in [9.17, 15) is 9.59 Å². The van der Waals surface area contributed by atoms with Crippen LogP contribution in [0.2, 0.25) is 0 Å². The number of methoxy groups -OCH3 is 1. The number of nitrogens with one attached hydrogen (secondary N) is 1. The van der Waals surface area contributed by atoms with Crippen LogP contribution in [-0.2, 0) is 4.74 Å². The lowest BCUT2D eigenvalue weighted by molar-refractivity contribution is 0.0600. The Labute approximate surface area is 142 Å². The number of esters is 1. The van der Waals surface area contributed by atoms with Crippen LogP contribution >= 0.6 is 11.3 Å². The Morgan fingerprint density at radius 2 is 1.96 bits per heavy atom. The van der Waals surface area contributed by atoms with E-state index in [1.165, 1.54) is 18.4 Å². The van der Waals surface area contributed by atoms with Gasteiger partial charge in [-0.2, -0.15) is 0 Å². The lowest BCUT2D eigenvalue weighted by Gasteiger charge is -2.05. The van der Waals surface area contributed by atoms with Crippen molar-refractivity contribution < 1.29 is 18.7 Å². The third-order valence-corrected chi connectivity index (χ3v) is 4.29. The highest BCUT2D eigenvalue weighted by atomic mass is 32.1. The fourth-order valence-electron chi connectivity index (χ4n) is 2.11. The average molecular weight is 342 g/mol. The molecule has 7 heteroatoms. The van der Waals surface area contributed by atoms with Gasteiger partial charge in [-0.15, -0.1) is 11.3 Å². The molecule has 3 aromatic rings. The molecule has 0 bridgehead atoms. The molecule has 0 saturated heterocycles. The van der Waals surface area contributed by atoms with Gasteiger partial charge in [0.25, 0.3) is 5.91 Å². The molecule has 3 rings (SSSR count). The summed E-state index contributed by atoms with van der Waals surface area (Å²) in [7, 11) is 1.32. The lowest BCUT2D eigenvalue weighted by Crippen LogP contribution is -2.13. The third kappa shape index (κ3) is 3.21. The number of benzene rings is 1. The van der Waals surface area contributed by atoms with E-state index in [0.29, 0.717) is 27.7 Å². The molecule has 0 saturated carbocycles. The van der Waals surface area contributed by atoms with Gasteiger partial charge in [0.05, 0.1) is 18.9 Å². The fourth-order valence-corrected chi connectivity index (χ4v) is 2.99. The molecule has 0 spiro atoms. The van der Waals surface area contributed by atoms with E-state index in [2.05, 4.69) is 15.0 Å². The highest BCUT2D eigenvalue weighted by Crippen LogP contribution is 2.28. The van der Waals surface area contributed by atoms with Crippen LogP contribution in [0.5, 0.6) is 0 Å². The number of thiazole rings is 1. The first-order chi connectivity index (χ1) is 11.6. The molecule has 0 radical (unpaired) electrons. The quantitative estimate of drug-likeness (QED) is 0.730. The van der Waals surface area contributed by atoms with Crippen molar-refractivity contribution in [2.75, 3.05) is 12.4 Å². The zero-order valence-corrected chi connectivity index (χ0v) is 13.8. The summed E-state index contributed by atoms with van der Waals surface area (Å²) < 4.78 is 9.94. The number of ether oxygens (including phenoxy) is 1. The summed E-state index contributed by atoms with van der Waals surface area (Å²) in [6.45, 7) is 1.83. The van der Waals surface area contributed by atoms with Crippen molar-refractivity contribution in [1.82, 2.24) is 4.98 Å². The SMILES string of the molecule is COC(=O)c1ccc(NC(=O)c2nc(-c3ccco3)sc2C)cc1. The highest BCUT2D eigenvalue weighted by molar-refractivity contribution is 7.15. The van der Waals surface area contributed by atoms with Crippen molar-refractivity contribution in [1.29, 1.82) is 0 Å². The maximum atomic E-state index is 12.4. The molecular formula is C17H14N2O4S. The van der Waals surface area contributed by atoms with E-state index in [1.54, 1.807) is 42.7 Å². The Balaban J connectivity index is 1.77. The number of furan rings is 1. The van der Waals surface area contributed by atoms with Gasteiger partial charge in [0.15, 0.2) is 10.8 Å². The molecule has 1 aromatic carbocycles. The summed E-state index contributed by atoms with van der Waals surface area (Å²) in [4.78, 5) is 28.9. The van der Waals surface area contributed by atoms with Gasteiger partial charge in [0.1, 0.15) is 5.69 Å². The Bertz CT molecular complexity index is 867. The van der Waals surface area contributed by atoms with Gasteiger partial charge in [0, 0.05) is 10.6 Å². The van der Waals surface area contributed by atoms with Gasteiger partial charge >= 0.3 is 5.97 Å². The van der Waals surface area contributed by atoms with Crippen LogP contribution in [0, 0.1) is 6.92 Å². The summed E-state index contributed by atoms with van der Waals surface area (Å²) in [5.74, 6) is -0.108. The first kappa shape index (κ1) is 15.9. The number of hydrogen-bond acceptors (Lipinski definition) is 6. The van der Waals surface area contributed by atoms with Gasteiger partial charge in [-0.1, -0.05) is 0 Å². The number of hydrogen-bond donors (Lipinski definition) is 1. The first-order valence-corrected chi connectivity index (χ1v) is 7.91. The molecule has 2 aromatic heterocycles. The van der Waals surface area contributed by atoms with Crippen LogP contribution in [-0.4, -0.2) is 24.0 Å². The van der Waals surface area contributed by atoms with Crippen molar-refractivity contribution in [2.45, 2.75) is 6.92 Å². The minimum absolute atomic E-state index is 0.313. The molecule has 0 unspecified atom stereocenters. The lowest BCUT2D eigenvalue weighted by atomic mass is 10.2. The normalized spacial score (nSPS) is 10.4. The summed E-state index contributed by atoms with van der Waals surface area (Å²) in [5.41, 5.74) is 1.34. The van der Waals surface area contributed by atoms with Crippen LogP contribution in [0.3, 0.4) is 0 Å². The second-order valence-corrected chi connectivity index (χ2v) is 6.13. The second-order valence-electron chi connectivity index (χ2n) is 4.92.